The second-order valence-electron chi connectivity index (χ2n) is 8.19. The number of hydrogen-bond acceptors (Lipinski definition) is 7. The number of hydrogen-bond donors (Lipinski definition) is 0. The number of nitrogens with zero attached hydrogens (tertiary/aromatic N) is 3. The Balaban J connectivity index is 1.23. The summed E-state index contributed by atoms with van der Waals surface area (Å²) in [7, 11) is -3.51. The van der Waals surface area contributed by atoms with Gasteiger partial charge in [-0.1, -0.05) is 19.9 Å². The predicted octanol–water partition coefficient (Wildman–Crippen LogP) is 2.17. The normalized spacial score (nSPS) is 16.1. The summed E-state index contributed by atoms with van der Waals surface area (Å²) in [5.41, 5.74) is 1.15. The van der Waals surface area contributed by atoms with Crippen LogP contribution in [0.4, 0.5) is 0 Å². The second kappa shape index (κ2) is 10.6. The Morgan fingerprint density at radius 1 is 0.971 bits per heavy atom. The topological polar surface area (TPSA) is 88.6 Å². The molecule has 2 aromatic rings. The number of benzene rings is 2. The van der Waals surface area contributed by atoms with E-state index in [4.69, 9.17) is 14.2 Å². The van der Waals surface area contributed by atoms with Gasteiger partial charge in [-0.2, -0.15) is 4.31 Å². The van der Waals surface area contributed by atoms with Gasteiger partial charge < -0.3 is 19.1 Å². The summed E-state index contributed by atoms with van der Waals surface area (Å²) in [6, 6.07) is 12.2. The zero-order valence-electron chi connectivity index (χ0n) is 19.6. The molecule has 1 amide bonds. The molecule has 34 heavy (non-hydrogen) atoms. The van der Waals surface area contributed by atoms with Gasteiger partial charge in [0, 0.05) is 45.8 Å². The van der Waals surface area contributed by atoms with E-state index in [2.05, 4.69) is 4.90 Å². The van der Waals surface area contributed by atoms with Gasteiger partial charge in [0.25, 0.3) is 5.91 Å². The van der Waals surface area contributed by atoms with E-state index in [0.717, 1.165) is 36.7 Å². The van der Waals surface area contributed by atoms with Crippen LogP contribution in [-0.4, -0.2) is 81.1 Å². The molecule has 184 valence electrons. The lowest BCUT2D eigenvalue weighted by atomic mass is 10.1. The zero-order valence-corrected chi connectivity index (χ0v) is 20.4. The van der Waals surface area contributed by atoms with Gasteiger partial charge in [0.2, 0.25) is 16.8 Å². The van der Waals surface area contributed by atoms with E-state index in [0.29, 0.717) is 31.9 Å². The maximum absolute atomic E-state index is 12.6. The third-order valence-electron chi connectivity index (χ3n) is 6.10. The first-order valence-corrected chi connectivity index (χ1v) is 13.0. The summed E-state index contributed by atoms with van der Waals surface area (Å²) in [4.78, 5) is 16.9. The summed E-state index contributed by atoms with van der Waals surface area (Å²) in [5.74, 6) is 1.94. The molecule has 0 radical (unpaired) electrons. The summed E-state index contributed by atoms with van der Waals surface area (Å²) in [5, 5.41) is 0. The minimum absolute atomic E-state index is 0.0791. The molecule has 2 aliphatic heterocycles. The zero-order chi connectivity index (χ0) is 24.1. The van der Waals surface area contributed by atoms with E-state index in [1.54, 1.807) is 30.9 Å². The van der Waals surface area contributed by atoms with Crippen LogP contribution >= 0.6 is 0 Å². The number of piperazine rings is 1. The lowest BCUT2D eigenvalue weighted by Crippen LogP contribution is -2.49. The highest BCUT2D eigenvalue weighted by Gasteiger charge is 2.23. The van der Waals surface area contributed by atoms with E-state index in [9.17, 15) is 13.2 Å². The lowest BCUT2D eigenvalue weighted by Gasteiger charge is -2.34. The van der Waals surface area contributed by atoms with E-state index in [1.807, 2.05) is 18.2 Å². The number of fused-ring (bicyclic) bond motifs is 1. The Kier molecular flexibility index (Phi) is 7.60. The van der Waals surface area contributed by atoms with Gasteiger partial charge in [-0.15, -0.1) is 0 Å². The molecular weight excluding hydrogens is 458 g/mol. The molecule has 0 atom stereocenters. The van der Waals surface area contributed by atoms with E-state index < -0.39 is 10.0 Å². The van der Waals surface area contributed by atoms with E-state index in [1.165, 1.54) is 16.4 Å². The van der Waals surface area contributed by atoms with Gasteiger partial charge in [-0.3, -0.25) is 9.69 Å². The molecule has 0 bridgehead atoms. The van der Waals surface area contributed by atoms with Crippen LogP contribution in [0.15, 0.2) is 47.4 Å². The molecule has 9 nitrogen and oxygen atoms in total. The van der Waals surface area contributed by atoms with Crippen molar-refractivity contribution in [2.45, 2.75) is 25.3 Å². The van der Waals surface area contributed by atoms with E-state index in [-0.39, 0.29) is 24.2 Å². The Morgan fingerprint density at radius 3 is 2.32 bits per heavy atom. The van der Waals surface area contributed by atoms with Crippen LogP contribution < -0.4 is 14.2 Å². The fourth-order valence-electron chi connectivity index (χ4n) is 4.11. The molecule has 0 N–H and O–H groups in total. The standard InChI is InChI=1S/C24H31N3O6S/c1-3-27(4-2)34(29,30)21-8-6-20(7-9-21)31-17-24(28)26-13-11-25(12-14-26)16-19-5-10-22-23(15-19)33-18-32-22/h5-10,15H,3-4,11-14,16-18H2,1-2H3. The summed E-state index contributed by atoms with van der Waals surface area (Å²) < 4.78 is 43.0. The van der Waals surface area contributed by atoms with Crippen LogP contribution in [0.5, 0.6) is 17.2 Å². The molecule has 4 rings (SSSR count). The third kappa shape index (κ3) is 5.45. The molecule has 0 unspecified atom stereocenters. The number of sulfonamides is 1. The molecule has 0 spiro atoms. The van der Waals surface area contributed by atoms with Gasteiger partial charge in [0.05, 0.1) is 4.90 Å². The van der Waals surface area contributed by atoms with Crippen molar-refractivity contribution in [3.8, 4) is 17.2 Å². The van der Waals surface area contributed by atoms with Gasteiger partial charge in [-0.25, -0.2) is 8.42 Å². The number of carbonyl (C=O) groups excluding carboxylic acids is 1. The lowest BCUT2D eigenvalue weighted by molar-refractivity contribution is -0.135. The van der Waals surface area contributed by atoms with Crippen molar-refractivity contribution >= 4 is 15.9 Å². The molecule has 10 heteroatoms. The average Bonchev–Trinajstić information content (AvgIpc) is 3.32. The molecular formula is C24H31N3O6S. The van der Waals surface area contributed by atoms with Crippen molar-refractivity contribution in [1.82, 2.24) is 14.1 Å². The van der Waals surface area contributed by atoms with Crippen molar-refractivity contribution < 1.29 is 27.4 Å². The van der Waals surface area contributed by atoms with Gasteiger partial charge in [0.15, 0.2) is 18.1 Å². The Bertz CT molecular complexity index is 1090. The first-order valence-electron chi connectivity index (χ1n) is 11.5. The fraction of sp³-hybridized carbons (Fsp3) is 0.458. The maximum Gasteiger partial charge on any atom is 0.260 e. The molecule has 1 saturated heterocycles. The van der Waals surface area contributed by atoms with Crippen LogP contribution in [0.25, 0.3) is 0 Å². The highest BCUT2D eigenvalue weighted by atomic mass is 32.2. The van der Waals surface area contributed by atoms with E-state index >= 15 is 0 Å². The monoisotopic (exact) mass is 489 g/mol. The molecule has 1 fully saturated rings. The fourth-order valence-corrected chi connectivity index (χ4v) is 5.57. The Morgan fingerprint density at radius 2 is 1.65 bits per heavy atom. The third-order valence-corrected chi connectivity index (χ3v) is 8.16. The number of carbonyl (C=O) groups is 1. The SMILES string of the molecule is CCN(CC)S(=O)(=O)c1ccc(OCC(=O)N2CCN(Cc3ccc4c(c3)OCO4)CC2)cc1. The highest BCUT2D eigenvalue weighted by molar-refractivity contribution is 7.89. The average molecular weight is 490 g/mol. The number of ether oxygens (including phenoxy) is 3. The Hall–Kier alpha value is -2.82. The predicted molar refractivity (Wildman–Crippen MR) is 126 cm³/mol. The van der Waals surface area contributed by atoms with Crippen molar-refractivity contribution in [2.75, 3.05) is 52.7 Å². The first kappa shape index (κ1) is 24.3. The van der Waals surface area contributed by atoms with Gasteiger partial charge in [0.1, 0.15) is 5.75 Å². The smallest absolute Gasteiger partial charge is 0.260 e. The molecule has 0 aromatic heterocycles. The summed E-state index contributed by atoms with van der Waals surface area (Å²) in [6.45, 7) is 8.23. The van der Waals surface area contributed by atoms with Crippen LogP contribution in [0.1, 0.15) is 19.4 Å². The van der Waals surface area contributed by atoms with Gasteiger partial charge >= 0.3 is 0 Å². The number of rotatable bonds is 9. The largest absolute Gasteiger partial charge is 0.484 e. The van der Waals surface area contributed by atoms with Crippen molar-refractivity contribution in [2.24, 2.45) is 0 Å². The van der Waals surface area contributed by atoms with Crippen LogP contribution in [0, 0.1) is 0 Å². The van der Waals surface area contributed by atoms with Crippen LogP contribution in [0.2, 0.25) is 0 Å². The molecule has 2 aromatic carbocycles. The quantitative estimate of drug-likeness (QED) is 0.533. The molecule has 0 aliphatic carbocycles. The minimum Gasteiger partial charge on any atom is -0.484 e. The molecule has 2 aliphatic rings. The summed E-state index contributed by atoms with van der Waals surface area (Å²) in [6.07, 6.45) is 0. The first-order chi connectivity index (χ1) is 16.4. The molecule has 0 saturated carbocycles. The van der Waals surface area contributed by atoms with Gasteiger partial charge in [-0.05, 0) is 42.0 Å². The second-order valence-corrected chi connectivity index (χ2v) is 10.1. The van der Waals surface area contributed by atoms with Crippen molar-refractivity contribution in [1.29, 1.82) is 0 Å². The molecule has 2 heterocycles. The van der Waals surface area contributed by atoms with Crippen molar-refractivity contribution in [3.05, 3.63) is 48.0 Å². The summed E-state index contributed by atoms with van der Waals surface area (Å²) >= 11 is 0. The van der Waals surface area contributed by atoms with Crippen LogP contribution in [-0.2, 0) is 21.4 Å². The highest BCUT2D eigenvalue weighted by Crippen LogP contribution is 2.32. The van der Waals surface area contributed by atoms with Crippen LogP contribution in [0.3, 0.4) is 0 Å². The maximum atomic E-state index is 12.6. The number of amides is 1. The van der Waals surface area contributed by atoms with Crippen molar-refractivity contribution in [3.63, 3.8) is 0 Å². The minimum atomic E-state index is -3.51. The Labute approximate surface area is 200 Å².